The number of nitrogens with zero attached hydrogens (tertiary/aromatic N) is 2. The summed E-state index contributed by atoms with van der Waals surface area (Å²) in [6.45, 7) is 1.78. The van der Waals surface area contributed by atoms with Gasteiger partial charge in [-0.15, -0.1) is 11.3 Å². The van der Waals surface area contributed by atoms with E-state index in [1.54, 1.807) is 5.38 Å². The van der Waals surface area contributed by atoms with Gasteiger partial charge in [0, 0.05) is 24.4 Å². The van der Waals surface area contributed by atoms with Crippen LogP contribution in [0.5, 0.6) is 0 Å². The standard InChI is InChI=1S/C20H17N5O2S/c1-12(26)22-20-25-17(11-28-20)19(27)21-10-13-6-8-14(9-7-13)18-23-15-4-2-3-5-16(15)24-18/h2-9,11H,10H2,1H3,(H,21,27)(H,23,24)(H,22,25,26). The zero-order valence-electron chi connectivity index (χ0n) is 15.0. The number of benzene rings is 2. The normalized spacial score (nSPS) is 10.8. The van der Waals surface area contributed by atoms with Crippen LogP contribution in [0.3, 0.4) is 0 Å². The highest BCUT2D eigenvalue weighted by molar-refractivity contribution is 7.14. The van der Waals surface area contributed by atoms with E-state index in [0.717, 1.165) is 28.0 Å². The van der Waals surface area contributed by atoms with Gasteiger partial charge in [-0.3, -0.25) is 9.59 Å². The first-order valence-corrected chi connectivity index (χ1v) is 9.52. The third-order valence-electron chi connectivity index (χ3n) is 4.09. The molecule has 28 heavy (non-hydrogen) atoms. The van der Waals surface area contributed by atoms with Gasteiger partial charge in [-0.1, -0.05) is 36.4 Å². The Bertz CT molecular complexity index is 1110. The number of hydrogen-bond acceptors (Lipinski definition) is 5. The number of rotatable bonds is 5. The summed E-state index contributed by atoms with van der Waals surface area (Å²) in [6, 6.07) is 15.7. The third-order valence-corrected chi connectivity index (χ3v) is 4.85. The first-order valence-electron chi connectivity index (χ1n) is 8.64. The zero-order chi connectivity index (χ0) is 19.5. The summed E-state index contributed by atoms with van der Waals surface area (Å²) in [5.41, 5.74) is 4.15. The van der Waals surface area contributed by atoms with Gasteiger partial charge in [0.05, 0.1) is 11.0 Å². The van der Waals surface area contributed by atoms with Crippen LogP contribution in [0, 0.1) is 0 Å². The second kappa shape index (κ2) is 7.61. The van der Waals surface area contributed by atoms with Gasteiger partial charge in [0.25, 0.3) is 5.91 Å². The van der Waals surface area contributed by atoms with E-state index in [-0.39, 0.29) is 17.5 Å². The lowest BCUT2D eigenvalue weighted by molar-refractivity contribution is -0.114. The molecule has 0 aliphatic heterocycles. The number of anilines is 1. The second-order valence-corrected chi connectivity index (χ2v) is 7.06. The predicted molar refractivity (Wildman–Crippen MR) is 109 cm³/mol. The minimum Gasteiger partial charge on any atom is -0.347 e. The monoisotopic (exact) mass is 391 g/mol. The molecule has 4 aromatic rings. The van der Waals surface area contributed by atoms with E-state index in [0.29, 0.717) is 11.7 Å². The first kappa shape index (κ1) is 17.9. The maximum absolute atomic E-state index is 12.2. The van der Waals surface area contributed by atoms with E-state index in [4.69, 9.17) is 0 Å². The van der Waals surface area contributed by atoms with Gasteiger partial charge in [-0.05, 0) is 17.7 Å². The summed E-state index contributed by atoms with van der Waals surface area (Å²) < 4.78 is 0. The Kier molecular flexibility index (Phi) is 4.86. The Morgan fingerprint density at radius 1 is 1.07 bits per heavy atom. The van der Waals surface area contributed by atoms with E-state index in [1.807, 2.05) is 48.5 Å². The quantitative estimate of drug-likeness (QED) is 0.484. The minimum atomic E-state index is -0.283. The minimum absolute atomic E-state index is 0.217. The van der Waals surface area contributed by atoms with Crippen molar-refractivity contribution in [1.29, 1.82) is 0 Å². The molecule has 3 N–H and O–H groups in total. The van der Waals surface area contributed by atoms with Crippen molar-refractivity contribution in [3.8, 4) is 11.4 Å². The zero-order valence-corrected chi connectivity index (χ0v) is 15.8. The number of nitrogens with one attached hydrogen (secondary N) is 3. The number of aromatic amines is 1. The van der Waals surface area contributed by atoms with Crippen LogP contribution >= 0.6 is 11.3 Å². The second-order valence-electron chi connectivity index (χ2n) is 6.20. The van der Waals surface area contributed by atoms with Crippen LogP contribution in [0.1, 0.15) is 23.0 Å². The molecule has 0 saturated heterocycles. The van der Waals surface area contributed by atoms with Crippen LogP contribution in [0.15, 0.2) is 53.9 Å². The van der Waals surface area contributed by atoms with Gasteiger partial charge in [0.15, 0.2) is 5.13 Å². The Morgan fingerprint density at radius 2 is 1.86 bits per heavy atom. The molecule has 2 aromatic heterocycles. The number of H-pyrrole nitrogens is 1. The molecule has 8 heteroatoms. The van der Waals surface area contributed by atoms with E-state index in [2.05, 4.69) is 25.6 Å². The van der Waals surface area contributed by atoms with Crippen molar-refractivity contribution in [2.75, 3.05) is 5.32 Å². The lowest BCUT2D eigenvalue weighted by atomic mass is 10.1. The molecule has 2 amide bonds. The van der Waals surface area contributed by atoms with E-state index in [9.17, 15) is 9.59 Å². The molecule has 0 aliphatic carbocycles. The average molecular weight is 391 g/mol. The Hall–Kier alpha value is -3.52. The van der Waals surface area contributed by atoms with Crippen molar-refractivity contribution in [2.24, 2.45) is 0 Å². The smallest absolute Gasteiger partial charge is 0.271 e. The summed E-state index contributed by atoms with van der Waals surface area (Å²) in [6.07, 6.45) is 0. The number of para-hydroxylation sites is 2. The van der Waals surface area contributed by atoms with Crippen LogP contribution < -0.4 is 10.6 Å². The molecule has 0 spiro atoms. The van der Waals surface area contributed by atoms with Crippen molar-refractivity contribution in [3.05, 3.63) is 65.2 Å². The summed E-state index contributed by atoms with van der Waals surface area (Å²) in [5, 5.41) is 7.42. The predicted octanol–water partition coefficient (Wildman–Crippen LogP) is 3.57. The van der Waals surface area contributed by atoms with Gasteiger partial charge < -0.3 is 15.6 Å². The Morgan fingerprint density at radius 3 is 2.61 bits per heavy atom. The number of thiazole rings is 1. The maximum Gasteiger partial charge on any atom is 0.271 e. The molecule has 0 unspecified atom stereocenters. The van der Waals surface area contributed by atoms with Crippen LogP contribution in [0.4, 0.5) is 5.13 Å². The van der Waals surface area contributed by atoms with Crippen LogP contribution in [-0.2, 0) is 11.3 Å². The topological polar surface area (TPSA) is 99.8 Å². The molecule has 0 saturated carbocycles. The van der Waals surface area contributed by atoms with Crippen LogP contribution in [0.2, 0.25) is 0 Å². The summed E-state index contributed by atoms with van der Waals surface area (Å²) in [4.78, 5) is 35.2. The summed E-state index contributed by atoms with van der Waals surface area (Å²) >= 11 is 1.21. The number of carbonyl (C=O) groups is 2. The van der Waals surface area contributed by atoms with Crippen molar-refractivity contribution in [2.45, 2.75) is 13.5 Å². The number of imidazole rings is 1. The molecule has 7 nitrogen and oxygen atoms in total. The SMILES string of the molecule is CC(=O)Nc1nc(C(=O)NCc2ccc(-c3nc4ccccc4[nH]3)cc2)cs1. The molecule has 2 heterocycles. The summed E-state index contributed by atoms with van der Waals surface area (Å²) in [5.74, 6) is 0.310. The maximum atomic E-state index is 12.2. The number of carbonyl (C=O) groups excluding carboxylic acids is 2. The number of fused-ring (bicyclic) bond motifs is 1. The van der Waals surface area contributed by atoms with Gasteiger partial charge in [-0.25, -0.2) is 9.97 Å². The Balaban J connectivity index is 1.39. The lowest BCUT2D eigenvalue weighted by Crippen LogP contribution is -2.23. The van der Waals surface area contributed by atoms with Crippen molar-refractivity contribution in [3.63, 3.8) is 0 Å². The third kappa shape index (κ3) is 3.91. The molecule has 2 aromatic carbocycles. The van der Waals surface area contributed by atoms with Crippen molar-refractivity contribution >= 4 is 39.3 Å². The molecular formula is C20H17N5O2S. The average Bonchev–Trinajstić information content (AvgIpc) is 3.33. The molecule has 140 valence electrons. The molecule has 0 atom stereocenters. The van der Waals surface area contributed by atoms with Crippen LogP contribution in [0.25, 0.3) is 22.4 Å². The highest BCUT2D eigenvalue weighted by Crippen LogP contribution is 2.21. The first-order chi connectivity index (χ1) is 13.6. The fourth-order valence-electron chi connectivity index (χ4n) is 2.73. The van der Waals surface area contributed by atoms with E-state index < -0.39 is 0 Å². The highest BCUT2D eigenvalue weighted by Gasteiger charge is 2.11. The van der Waals surface area contributed by atoms with Gasteiger partial charge in [-0.2, -0.15) is 0 Å². The van der Waals surface area contributed by atoms with Gasteiger partial charge in [0.1, 0.15) is 11.5 Å². The largest absolute Gasteiger partial charge is 0.347 e. The fraction of sp³-hybridized carbons (Fsp3) is 0.100. The number of aromatic nitrogens is 3. The molecular weight excluding hydrogens is 374 g/mol. The van der Waals surface area contributed by atoms with E-state index in [1.165, 1.54) is 18.3 Å². The molecule has 0 aliphatic rings. The van der Waals surface area contributed by atoms with Gasteiger partial charge >= 0.3 is 0 Å². The molecule has 0 bridgehead atoms. The Labute approximate surface area is 164 Å². The molecule has 0 radical (unpaired) electrons. The number of hydrogen-bond donors (Lipinski definition) is 3. The van der Waals surface area contributed by atoms with Crippen molar-refractivity contribution < 1.29 is 9.59 Å². The van der Waals surface area contributed by atoms with Crippen molar-refractivity contribution in [1.82, 2.24) is 20.3 Å². The number of amides is 2. The highest BCUT2D eigenvalue weighted by atomic mass is 32.1. The van der Waals surface area contributed by atoms with Crippen LogP contribution in [-0.4, -0.2) is 26.8 Å². The summed E-state index contributed by atoms with van der Waals surface area (Å²) in [7, 11) is 0. The fourth-order valence-corrected chi connectivity index (χ4v) is 3.47. The van der Waals surface area contributed by atoms with Gasteiger partial charge in [0.2, 0.25) is 5.91 Å². The van der Waals surface area contributed by atoms with E-state index >= 15 is 0 Å². The lowest BCUT2D eigenvalue weighted by Gasteiger charge is -2.04. The molecule has 0 fully saturated rings. The molecule has 4 rings (SSSR count).